The molecule has 4 N–H and O–H groups in total. The summed E-state index contributed by atoms with van der Waals surface area (Å²) in [5, 5.41) is 11.3. The number of carbonyl (C=O) groups is 2. The molecular formula is C9H16N2O3. The second-order valence-electron chi connectivity index (χ2n) is 3.67. The third kappa shape index (κ3) is 4.61. The van der Waals surface area contributed by atoms with E-state index < -0.39 is 17.4 Å². The Morgan fingerprint density at radius 1 is 1.50 bits per heavy atom. The zero-order chi connectivity index (χ0) is 11.4. The van der Waals surface area contributed by atoms with E-state index in [1.807, 2.05) is 0 Å². The zero-order valence-electron chi connectivity index (χ0n) is 8.63. The highest BCUT2D eigenvalue weighted by molar-refractivity contribution is 5.83. The van der Waals surface area contributed by atoms with Gasteiger partial charge in [-0.3, -0.25) is 4.79 Å². The summed E-state index contributed by atoms with van der Waals surface area (Å²) in [7, 11) is 0. The largest absolute Gasteiger partial charge is 0.478 e. The van der Waals surface area contributed by atoms with Gasteiger partial charge in [-0.15, -0.1) is 0 Å². The number of carboxylic acids is 1. The Bertz CT molecular complexity index is 269. The van der Waals surface area contributed by atoms with Gasteiger partial charge in [-0.2, -0.15) is 0 Å². The van der Waals surface area contributed by atoms with E-state index in [1.165, 1.54) is 0 Å². The molecule has 0 aliphatic carbocycles. The molecule has 80 valence electrons. The molecule has 14 heavy (non-hydrogen) atoms. The van der Waals surface area contributed by atoms with Crippen LogP contribution in [0.2, 0.25) is 0 Å². The molecule has 0 saturated carbocycles. The number of hydrogen-bond acceptors (Lipinski definition) is 3. The molecule has 5 heteroatoms. The number of carbonyl (C=O) groups excluding carboxylic acids is 1. The van der Waals surface area contributed by atoms with E-state index in [0.29, 0.717) is 12.1 Å². The lowest BCUT2D eigenvalue weighted by molar-refractivity contribution is -0.131. The number of nitrogens with two attached hydrogens (primary N) is 1. The Labute approximate surface area is 83.0 Å². The maximum absolute atomic E-state index is 10.9. The van der Waals surface area contributed by atoms with Crippen LogP contribution in [0.25, 0.3) is 0 Å². The van der Waals surface area contributed by atoms with Crippen LogP contribution in [0.15, 0.2) is 11.6 Å². The van der Waals surface area contributed by atoms with Crippen molar-refractivity contribution in [3.63, 3.8) is 0 Å². The Morgan fingerprint density at radius 3 is 2.36 bits per heavy atom. The summed E-state index contributed by atoms with van der Waals surface area (Å²) >= 11 is 0. The highest BCUT2D eigenvalue weighted by Gasteiger charge is 2.23. The van der Waals surface area contributed by atoms with Crippen molar-refractivity contribution in [2.24, 2.45) is 5.73 Å². The molecular weight excluding hydrogens is 184 g/mol. The van der Waals surface area contributed by atoms with E-state index in [0.717, 1.165) is 6.08 Å². The van der Waals surface area contributed by atoms with Crippen LogP contribution >= 0.6 is 0 Å². The highest BCUT2D eigenvalue weighted by atomic mass is 16.4. The van der Waals surface area contributed by atoms with Crippen LogP contribution in [-0.4, -0.2) is 29.1 Å². The van der Waals surface area contributed by atoms with Crippen molar-refractivity contribution in [3.05, 3.63) is 11.6 Å². The van der Waals surface area contributed by atoms with E-state index in [1.54, 1.807) is 20.8 Å². The first-order chi connectivity index (χ1) is 6.25. The fourth-order valence-electron chi connectivity index (χ4n) is 0.709. The van der Waals surface area contributed by atoms with Crippen LogP contribution in [0.5, 0.6) is 0 Å². The summed E-state index contributed by atoms with van der Waals surface area (Å²) in [5.74, 6) is -1.47. The number of rotatable bonds is 5. The molecule has 0 spiro atoms. The van der Waals surface area contributed by atoms with Gasteiger partial charge in [0.25, 0.3) is 0 Å². The first-order valence-electron chi connectivity index (χ1n) is 4.20. The van der Waals surface area contributed by atoms with Gasteiger partial charge in [0.15, 0.2) is 0 Å². The minimum atomic E-state index is -0.999. The van der Waals surface area contributed by atoms with Crippen molar-refractivity contribution in [1.82, 2.24) is 5.32 Å². The Balaban J connectivity index is 4.19. The molecule has 0 saturated heterocycles. The first-order valence-corrected chi connectivity index (χ1v) is 4.20. The van der Waals surface area contributed by atoms with E-state index in [-0.39, 0.29) is 0 Å². The SMILES string of the molecule is CC(=CC(=O)O)CNC(C)(C)C(N)=O. The minimum absolute atomic E-state index is 0.322. The average molecular weight is 200 g/mol. The maximum Gasteiger partial charge on any atom is 0.328 e. The molecule has 5 nitrogen and oxygen atoms in total. The topological polar surface area (TPSA) is 92.4 Å². The predicted octanol–water partition coefficient (Wildman–Crippen LogP) is -0.129. The van der Waals surface area contributed by atoms with Crippen molar-refractivity contribution in [1.29, 1.82) is 0 Å². The molecule has 0 unspecified atom stereocenters. The second kappa shape index (κ2) is 4.76. The summed E-state index contributed by atoms with van der Waals surface area (Å²) in [5.41, 5.74) is 4.93. The number of primary amides is 1. The summed E-state index contributed by atoms with van der Waals surface area (Å²) in [6.07, 6.45) is 1.09. The number of amides is 1. The van der Waals surface area contributed by atoms with Crippen LogP contribution < -0.4 is 11.1 Å². The van der Waals surface area contributed by atoms with Gasteiger partial charge in [0, 0.05) is 12.6 Å². The normalized spacial score (nSPS) is 12.6. The number of carboxylic acid groups (broad SMARTS) is 1. The highest BCUT2D eigenvalue weighted by Crippen LogP contribution is 2.01. The van der Waals surface area contributed by atoms with Crippen molar-refractivity contribution in [2.45, 2.75) is 26.3 Å². The fourth-order valence-corrected chi connectivity index (χ4v) is 0.709. The van der Waals surface area contributed by atoms with Gasteiger partial charge in [-0.1, -0.05) is 5.57 Å². The molecule has 0 radical (unpaired) electrons. The molecule has 0 aromatic rings. The van der Waals surface area contributed by atoms with Gasteiger partial charge in [0.05, 0.1) is 5.54 Å². The molecule has 1 amide bonds. The van der Waals surface area contributed by atoms with Gasteiger partial charge in [0.2, 0.25) is 5.91 Å². The smallest absolute Gasteiger partial charge is 0.328 e. The van der Waals surface area contributed by atoms with Crippen LogP contribution in [0.1, 0.15) is 20.8 Å². The molecule has 0 aromatic carbocycles. The molecule has 0 bridgehead atoms. The third-order valence-corrected chi connectivity index (χ3v) is 1.80. The lowest BCUT2D eigenvalue weighted by Gasteiger charge is -2.22. The Kier molecular flexibility index (Phi) is 4.30. The molecule has 0 atom stereocenters. The van der Waals surface area contributed by atoms with Gasteiger partial charge in [0.1, 0.15) is 0 Å². The van der Waals surface area contributed by atoms with E-state index in [4.69, 9.17) is 10.8 Å². The number of nitrogens with one attached hydrogen (secondary N) is 1. The summed E-state index contributed by atoms with van der Waals surface area (Å²) in [6.45, 7) is 5.27. The molecule has 0 aromatic heterocycles. The standard InChI is InChI=1S/C9H16N2O3/c1-6(4-7(12)13)5-11-9(2,3)8(10)14/h4,11H,5H2,1-3H3,(H2,10,14)(H,12,13). The van der Waals surface area contributed by atoms with Crippen LogP contribution in [0, 0.1) is 0 Å². The molecule has 0 fully saturated rings. The first kappa shape index (κ1) is 12.6. The van der Waals surface area contributed by atoms with Gasteiger partial charge in [-0.25, -0.2) is 4.79 Å². The van der Waals surface area contributed by atoms with Crippen molar-refractivity contribution < 1.29 is 14.7 Å². The average Bonchev–Trinajstić information content (AvgIpc) is 1.99. The Morgan fingerprint density at radius 2 is 2.00 bits per heavy atom. The zero-order valence-corrected chi connectivity index (χ0v) is 8.63. The van der Waals surface area contributed by atoms with Crippen LogP contribution in [-0.2, 0) is 9.59 Å². The van der Waals surface area contributed by atoms with Crippen LogP contribution in [0.4, 0.5) is 0 Å². The monoisotopic (exact) mass is 200 g/mol. The minimum Gasteiger partial charge on any atom is -0.478 e. The lowest BCUT2D eigenvalue weighted by Crippen LogP contribution is -2.51. The summed E-state index contributed by atoms with van der Waals surface area (Å²) < 4.78 is 0. The van der Waals surface area contributed by atoms with Gasteiger partial charge in [-0.05, 0) is 20.8 Å². The lowest BCUT2D eigenvalue weighted by atomic mass is 10.0. The van der Waals surface area contributed by atoms with Crippen molar-refractivity contribution in [3.8, 4) is 0 Å². The predicted molar refractivity (Wildman–Crippen MR) is 52.7 cm³/mol. The molecule has 0 rings (SSSR count). The summed E-state index contributed by atoms with van der Waals surface area (Å²) in [4.78, 5) is 21.2. The molecule has 0 aliphatic heterocycles. The van der Waals surface area contributed by atoms with Gasteiger partial charge < -0.3 is 16.2 Å². The quantitative estimate of drug-likeness (QED) is 0.539. The maximum atomic E-state index is 10.9. The molecule has 0 heterocycles. The fraction of sp³-hybridized carbons (Fsp3) is 0.556. The van der Waals surface area contributed by atoms with Crippen molar-refractivity contribution in [2.75, 3.05) is 6.54 Å². The third-order valence-electron chi connectivity index (χ3n) is 1.80. The molecule has 0 aliphatic rings. The summed E-state index contributed by atoms with van der Waals surface area (Å²) in [6, 6.07) is 0. The van der Waals surface area contributed by atoms with Gasteiger partial charge >= 0.3 is 5.97 Å². The number of hydrogen-bond donors (Lipinski definition) is 3. The second-order valence-corrected chi connectivity index (χ2v) is 3.67. The number of aliphatic carboxylic acids is 1. The Hall–Kier alpha value is -1.36. The van der Waals surface area contributed by atoms with Crippen LogP contribution in [0.3, 0.4) is 0 Å². The van der Waals surface area contributed by atoms with Crippen molar-refractivity contribution >= 4 is 11.9 Å². The van der Waals surface area contributed by atoms with E-state index >= 15 is 0 Å². The van der Waals surface area contributed by atoms with E-state index in [9.17, 15) is 9.59 Å². The van der Waals surface area contributed by atoms with E-state index in [2.05, 4.69) is 5.32 Å².